The molecule has 1 atom stereocenters. The first-order chi connectivity index (χ1) is 15.0. The summed E-state index contributed by atoms with van der Waals surface area (Å²) < 4.78 is 17.6. The zero-order valence-corrected chi connectivity index (χ0v) is 19.1. The number of halogens is 1. The van der Waals surface area contributed by atoms with Crippen LogP contribution in [0.15, 0.2) is 56.1 Å². The minimum Gasteiger partial charge on any atom is -0.497 e. The van der Waals surface area contributed by atoms with Crippen molar-refractivity contribution in [2.24, 2.45) is 0 Å². The number of hydrogen-bond acceptors (Lipinski definition) is 5. The van der Waals surface area contributed by atoms with E-state index in [2.05, 4.69) is 15.9 Å². The van der Waals surface area contributed by atoms with Crippen LogP contribution < -0.4 is 10.4 Å². The van der Waals surface area contributed by atoms with Gasteiger partial charge in [-0.2, -0.15) is 0 Å². The first-order valence-corrected chi connectivity index (χ1v) is 11.0. The largest absolute Gasteiger partial charge is 0.497 e. The van der Waals surface area contributed by atoms with Gasteiger partial charge in [0.15, 0.2) is 0 Å². The van der Waals surface area contributed by atoms with Crippen LogP contribution in [0.1, 0.15) is 29.2 Å². The van der Waals surface area contributed by atoms with Gasteiger partial charge in [0.25, 0.3) is 0 Å². The summed E-state index contributed by atoms with van der Waals surface area (Å²) in [5.41, 5.74) is 2.52. The minimum atomic E-state index is -0.402. The number of carbonyl (C=O) groups is 1. The van der Waals surface area contributed by atoms with Crippen LogP contribution in [0.3, 0.4) is 0 Å². The third kappa shape index (κ3) is 4.67. The van der Waals surface area contributed by atoms with E-state index < -0.39 is 5.63 Å². The molecule has 3 aromatic rings. The predicted molar refractivity (Wildman–Crippen MR) is 122 cm³/mol. The van der Waals surface area contributed by atoms with E-state index in [1.807, 2.05) is 48.2 Å². The van der Waals surface area contributed by atoms with E-state index in [1.165, 1.54) is 0 Å². The molecule has 2 aromatic carbocycles. The highest BCUT2D eigenvalue weighted by atomic mass is 79.9. The van der Waals surface area contributed by atoms with Crippen LogP contribution in [0.25, 0.3) is 11.0 Å². The molecule has 0 spiro atoms. The highest BCUT2D eigenvalue weighted by Crippen LogP contribution is 2.26. The molecule has 1 aromatic heterocycles. The van der Waals surface area contributed by atoms with Gasteiger partial charge in [0.1, 0.15) is 17.4 Å². The summed E-state index contributed by atoms with van der Waals surface area (Å²) in [5.74, 6) is 0.643. The molecule has 1 unspecified atom stereocenters. The molecule has 4 rings (SSSR count). The number of rotatable bonds is 5. The molecule has 0 N–H and O–H groups in total. The van der Waals surface area contributed by atoms with Crippen molar-refractivity contribution in [3.8, 4) is 5.75 Å². The molecule has 1 saturated heterocycles. The Morgan fingerprint density at radius 3 is 2.74 bits per heavy atom. The fraction of sp³-hybridized carbons (Fsp3) is 0.333. The number of aryl methyl sites for hydroxylation is 1. The Morgan fingerprint density at radius 1 is 1.23 bits per heavy atom. The lowest BCUT2D eigenvalue weighted by Gasteiger charge is -2.33. The molecule has 1 fully saturated rings. The molecule has 7 heteroatoms. The second-order valence-corrected chi connectivity index (χ2v) is 8.52. The fourth-order valence-electron chi connectivity index (χ4n) is 3.94. The van der Waals surface area contributed by atoms with Gasteiger partial charge in [-0.3, -0.25) is 4.79 Å². The van der Waals surface area contributed by atoms with Crippen molar-refractivity contribution in [2.75, 3.05) is 26.8 Å². The zero-order chi connectivity index (χ0) is 22.0. The number of amides is 1. The van der Waals surface area contributed by atoms with E-state index >= 15 is 0 Å². The van der Waals surface area contributed by atoms with Gasteiger partial charge in [0, 0.05) is 34.5 Å². The maximum Gasteiger partial charge on any atom is 0.339 e. The molecule has 0 bridgehead atoms. The number of hydrogen-bond donors (Lipinski definition) is 0. The van der Waals surface area contributed by atoms with Crippen molar-refractivity contribution in [2.45, 2.75) is 25.9 Å². The molecule has 1 aliphatic rings. The van der Waals surface area contributed by atoms with Crippen LogP contribution in [-0.2, 0) is 16.0 Å². The molecule has 1 amide bonds. The van der Waals surface area contributed by atoms with Crippen molar-refractivity contribution in [1.82, 2.24) is 4.90 Å². The topological polar surface area (TPSA) is 69.0 Å². The number of fused-ring (bicyclic) bond motifs is 1. The standard InChI is InChI=1S/C24H24BrNO5/c1-15-19-8-7-18(29-2)13-21(19)31-24(28)20(15)9-10-23(27)26-11-12-30-22(14-26)16-3-5-17(25)6-4-16/h3-8,13,22H,9-12,14H2,1-2H3. The molecule has 0 saturated carbocycles. The predicted octanol–water partition coefficient (Wildman–Crippen LogP) is 4.41. The quantitative estimate of drug-likeness (QED) is 0.500. The van der Waals surface area contributed by atoms with Gasteiger partial charge in [0.2, 0.25) is 5.91 Å². The van der Waals surface area contributed by atoms with Crippen LogP contribution in [0.2, 0.25) is 0 Å². The number of benzene rings is 2. The first-order valence-electron chi connectivity index (χ1n) is 10.2. The maximum absolute atomic E-state index is 12.9. The zero-order valence-electron chi connectivity index (χ0n) is 17.5. The van der Waals surface area contributed by atoms with E-state index in [-0.39, 0.29) is 18.4 Å². The molecule has 31 heavy (non-hydrogen) atoms. The van der Waals surface area contributed by atoms with Gasteiger partial charge in [0.05, 0.1) is 20.3 Å². The Hall–Kier alpha value is -2.64. The Labute approximate surface area is 188 Å². The Bertz CT molecular complexity index is 1160. The molecule has 2 heterocycles. The van der Waals surface area contributed by atoms with Crippen LogP contribution >= 0.6 is 15.9 Å². The molecular formula is C24H24BrNO5. The lowest BCUT2D eigenvalue weighted by atomic mass is 10.0. The molecule has 1 aliphatic heterocycles. The third-order valence-corrected chi connectivity index (χ3v) is 6.27. The molecular weight excluding hydrogens is 462 g/mol. The van der Waals surface area contributed by atoms with Crippen molar-refractivity contribution >= 4 is 32.8 Å². The first kappa shape index (κ1) is 21.6. The summed E-state index contributed by atoms with van der Waals surface area (Å²) in [5, 5.41) is 0.851. The van der Waals surface area contributed by atoms with E-state index in [0.29, 0.717) is 43.0 Å². The average molecular weight is 486 g/mol. The van der Waals surface area contributed by atoms with E-state index in [9.17, 15) is 9.59 Å². The van der Waals surface area contributed by atoms with E-state index in [4.69, 9.17) is 13.9 Å². The van der Waals surface area contributed by atoms with Crippen molar-refractivity contribution in [1.29, 1.82) is 0 Å². The Morgan fingerprint density at radius 2 is 2.00 bits per heavy atom. The highest BCUT2D eigenvalue weighted by molar-refractivity contribution is 9.10. The summed E-state index contributed by atoms with van der Waals surface area (Å²) in [7, 11) is 1.57. The van der Waals surface area contributed by atoms with E-state index in [1.54, 1.807) is 13.2 Å². The van der Waals surface area contributed by atoms with Crippen LogP contribution in [0.5, 0.6) is 5.75 Å². The summed E-state index contributed by atoms with van der Waals surface area (Å²) in [6, 6.07) is 13.4. The normalized spacial score (nSPS) is 16.5. The summed E-state index contributed by atoms with van der Waals surface area (Å²) in [6.07, 6.45) is 0.448. The molecule has 162 valence electrons. The lowest BCUT2D eigenvalue weighted by molar-refractivity contribution is -0.139. The maximum atomic E-state index is 12.9. The summed E-state index contributed by atoms with van der Waals surface area (Å²) in [6.45, 7) is 3.44. The molecule has 6 nitrogen and oxygen atoms in total. The van der Waals surface area contributed by atoms with Gasteiger partial charge in [-0.15, -0.1) is 0 Å². The number of ether oxygens (including phenoxy) is 2. The number of morpholine rings is 1. The SMILES string of the molecule is COc1ccc2c(C)c(CCC(=O)N3CCOC(c4ccc(Br)cc4)C3)c(=O)oc2c1. The van der Waals surface area contributed by atoms with E-state index in [0.717, 1.165) is 21.0 Å². The van der Waals surface area contributed by atoms with Gasteiger partial charge < -0.3 is 18.8 Å². The second-order valence-electron chi connectivity index (χ2n) is 7.61. The van der Waals surface area contributed by atoms with Crippen molar-refractivity contribution < 1.29 is 18.7 Å². The van der Waals surface area contributed by atoms with Crippen LogP contribution in [0.4, 0.5) is 0 Å². The minimum absolute atomic E-state index is 0.0130. The third-order valence-electron chi connectivity index (χ3n) is 5.74. The number of methoxy groups -OCH3 is 1. The van der Waals surface area contributed by atoms with Gasteiger partial charge in [-0.25, -0.2) is 4.79 Å². The van der Waals surface area contributed by atoms with Gasteiger partial charge >= 0.3 is 5.63 Å². The highest BCUT2D eigenvalue weighted by Gasteiger charge is 2.25. The number of carbonyl (C=O) groups excluding carboxylic acids is 1. The summed E-state index contributed by atoms with van der Waals surface area (Å²) >= 11 is 3.44. The van der Waals surface area contributed by atoms with Gasteiger partial charge in [-0.05, 0) is 48.7 Å². The Kier molecular flexibility index (Phi) is 6.43. The van der Waals surface area contributed by atoms with Gasteiger partial charge in [-0.1, -0.05) is 28.1 Å². The monoisotopic (exact) mass is 485 g/mol. The van der Waals surface area contributed by atoms with Crippen molar-refractivity contribution in [3.63, 3.8) is 0 Å². The van der Waals surface area contributed by atoms with Crippen molar-refractivity contribution in [3.05, 3.63) is 74.0 Å². The average Bonchev–Trinajstić information content (AvgIpc) is 2.79. The molecule has 0 radical (unpaired) electrons. The van der Waals surface area contributed by atoms with Crippen LogP contribution in [0, 0.1) is 6.92 Å². The number of nitrogens with zero attached hydrogens (tertiary/aromatic N) is 1. The Balaban J connectivity index is 1.46. The lowest BCUT2D eigenvalue weighted by Crippen LogP contribution is -2.42. The molecule has 0 aliphatic carbocycles. The smallest absolute Gasteiger partial charge is 0.339 e. The second kappa shape index (κ2) is 9.24. The van der Waals surface area contributed by atoms with Crippen LogP contribution in [-0.4, -0.2) is 37.6 Å². The summed E-state index contributed by atoms with van der Waals surface area (Å²) in [4.78, 5) is 27.3. The fourth-order valence-corrected chi connectivity index (χ4v) is 4.20.